The van der Waals surface area contributed by atoms with Gasteiger partial charge in [-0.15, -0.1) is 0 Å². The Morgan fingerprint density at radius 2 is 2.50 bits per heavy atom. The zero-order valence-corrected chi connectivity index (χ0v) is 7.10. The van der Waals surface area contributed by atoms with Crippen molar-refractivity contribution in [2.75, 3.05) is 13.6 Å². The smallest absolute Gasteiger partial charge is 0.220 e. The summed E-state index contributed by atoms with van der Waals surface area (Å²) >= 11 is 0. The number of primary amides is 1. The third-order valence-corrected chi connectivity index (χ3v) is 2.69. The van der Waals surface area contributed by atoms with Gasteiger partial charge >= 0.3 is 0 Å². The highest BCUT2D eigenvalue weighted by Crippen LogP contribution is 2.44. The van der Waals surface area contributed by atoms with Gasteiger partial charge in [0.2, 0.25) is 5.91 Å². The lowest BCUT2D eigenvalue weighted by atomic mass is 10.0. The first-order valence-corrected chi connectivity index (χ1v) is 4.23. The van der Waals surface area contributed by atoms with Gasteiger partial charge in [-0.1, -0.05) is 0 Å². The zero-order valence-electron chi connectivity index (χ0n) is 7.10. The molecule has 0 bridgehead atoms. The van der Waals surface area contributed by atoms with Crippen molar-refractivity contribution in [2.24, 2.45) is 28.6 Å². The second kappa shape index (κ2) is 2.47. The molecule has 0 aromatic heterocycles. The molecule has 12 heavy (non-hydrogen) atoms. The minimum Gasteiger partial charge on any atom is -0.369 e. The molecule has 0 aromatic rings. The predicted octanol–water partition coefficient (Wildman–Crippen LogP) is -0.345. The summed E-state index contributed by atoms with van der Waals surface area (Å²) in [5, 5.41) is 6.03. The molecule has 1 aliphatic heterocycles. The Kier molecular flexibility index (Phi) is 1.56. The summed E-state index contributed by atoms with van der Waals surface area (Å²) in [6.07, 6.45) is 2.90. The largest absolute Gasteiger partial charge is 0.369 e. The summed E-state index contributed by atoms with van der Waals surface area (Å²) in [7, 11) is 1.94. The third-order valence-electron chi connectivity index (χ3n) is 2.69. The second-order valence-electron chi connectivity index (χ2n) is 3.68. The predicted molar refractivity (Wildman–Crippen MR) is 45.4 cm³/mol. The molecular weight excluding hydrogens is 154 g/mol. The first-order chi connectivity index (χ1) is 5.68. The van der Waals surface area contributed by atoms with E-state index in [-0.39, 0.29) is 11.8 Å². The summed E-state index contributed by atoms with van der Waals surface area (Å²) in [6, 6.07) is 0. The second-order valence-corrected chi connectivity index (χ2v) is 3.68. The minimum absolute atomic E-state index is 0.118. The molecule has 2 unspecified atom stereocenters. The highest BCUT2D eigenvalue weighted by Gasteiger charge is 2.47. The van der Waals surface area contributed by atoms with Crippen LogP contribution >= 0.6 is 0 Å². The molecule has 1 saturated carbocycles. The fraction of sp³-hybridized carbons (Fsp3) is 0.750. The average Bonchev–Trinajstić information content (AvgIpc) is 2.70. The number of nitrogens with zero attached hydrogens (tertiary/aromatic N) is 2. The molecule has 66 valence electrons. The van der Waals surface area contributed by atoms with E-state index in [1.54, 1.807) is 0 Å². The van der Waals surface area contributed by atoms with E-state index in [4.69, 9.17) is 5.73 Å². The van der Waals surface area contributed by atoms with Crippen LogP contribution in [0.5, 0.6) is 0 Å². The molecule has 4 heteroatoms. The number of carbonyl (C=O) groups is 1. The molecule has 2 rings (SSSR count). The Morgan fingerprint density at radius 3 is 2.92 bits per heavy atom. The van der Waals surface area contributed by atoms with E-state index in [2.05, 4.69) is 5.10 Å². The van der Waals surface area contributed by atoms with Crippen molar-refractivity contribution in [3.8, 4) is 0 Å². The number of rotatable bonds is 2. The van der Waals surface area contributed by atoms with Crippen LogP contribution in [0.15, 0.2) is 5.10 Å². The van der Waals surface area contributed by atoms with E-state index >= 15 is 0 Å². The molecule has 0 aromatic carbocycles. The van der Waals surface area contributed by atoms with Crippen LogP contribution in [0.25, 0.3) is 0 Å². The monoisotopic (exact) mass is 167 g/mol. The first-order valence-electron chi connectivity index (χ1n) is 4.23. The highest BCUT2D eigenvalue weighted by molar-refractivity contribution is 5.81. The molecule has 2 aliphatic rings. The number of hydrogen-bond donors (Lipinski definition) is 1. The van der Waals surface area contributed by atoms with Crippen LogP contribution in [0, 0.1) is 17.8 Å². The van der Waals surface area contributed by atoms with Crippen LogP contribution in [-0.4, -0.2) is 30.7 Å². The lowest BCUT2D eigenvalue weighted by Gasteiger charge is -2.08. The fourth-order valence-electron chi connectivity index (χ4n) is 1.86. The van der Waals surface area contributed by atoms with E-state index in [0.29, 0.717) is 11.8 Å². The molecule has 4 nitrogen and oxygen atoms in total. The van der Waals surface area contributed by atoms with E-state index < -0.39 is 0 Å². The molecule has 0 spiro atoms. The quantitative estimate of drug-likeness (QED) is 0.611. The van der Waals surface area contributed by atoms with Gasteiger partial charge in [-0.05, 0) is 12.3 Å². The Bertz CT molecular complexity index is 238. The van der Waals surface area contributed by atoms with Gasteiger partial charge in [-0.3, -0.25) is 9.80 Å². The van der Waals surface area contributed by atoms with Gasteiger partial charge in [0.1, 0.15) is 0 Å². The number of carbonyl (C=O) groups excluding carboxylic acids is 1. The van der Waals surface area contributed by atoms with Crippen LogP contribution in [0.3, 0.4) is 0 Å². The van der Waals surface area contributed by atoms with Crippen LogP contribution < -0.4 is 5.73 Å². The normalized spacial score (nSPS) is 38.8. The summed E-state index contributed by atoms with van der Waals surface area (Å²) in [5.41, 5.74) is 5.19. The summed E-state index contributed by atoms with van der Waals surface area (Å²) < 4.78 is 0. The van der Waals surface area contributed by atoms with Gasteiger partial charge < -0.3 is 5.73 Å². The molecule has 1 amide bonds. The maximum Gasteiger partial charge on any atom is 0.220 e. The number of hydrazone groups is 1. The Hall–Kier alpha value is -1.06. The molecule has 2 N–H and O–H groups in total. The van der Waals surface area contributed by atoms with Crippen LogP contribution in [-0.2, 0) is 4.79 Å². The fourth-order valence-corrected chi connectivity index (χ4v) is 1.86. The Morgan fingerprint density at radius 1 is 1.75 bits per heavy atom. The molecule has 0 radical (unpaired) electrons. The third kappa shape index (κ3) is 1.17. The van der Waals surface area contributed by atoms with Crippen molar-refractivity contribution in [1.82, 2.24) is 5.01 Å². The maximum absolute atomic E-state index is 10.8. The van der Waals surface area contributed by atoms with Crippen molar-refractivity contribution in [3.05, 3.63) is 0 Å². The van der Waals surface area contributed by atoms with Crippen molar-refractivity contribution < 1.29 is 4.79 Å². The number of nitrogens with two attached hydrogens (primary N) is 1. The van der Waals surface area contributed by atoms with Crippen LogP contribution in [0.2, 0.25) is 0 Å². The highest BCUT2D eigenvalue weighted by atomic mass is 16.1. The average molecular weight is 167 g/mol. The maximum atomic E-state index is 10.8. The Balaban J connectivity index is 1.90. The molecule has 0 saturated heterocycles. The molecule has 3 atom stereocenters. The van der Waals surface area contributed by atoms with Crippen molar-refractivity contribution >= 4 is 12.1 Å². The summed E-state index contributed by atoms with van der Waals surface area (Å²) in [5.74, 6) is 0.889. The van der Waals surface area contributed by atoms with Gasteiger partial charge in [-0.2, -0.15) is 5.10 Å². The van der Waals surface area contributed by atoms with Crippen molar-refractivity contribution in [3.63, 3.8) is 0 Å². The number of hydrogen-bond acceptors (Lipinski definition) is 3. The molecular formula is C8H13N3O. The van der Waals surface area contributed by atoms with Gasteiger partial charge in [-0.25, -0.2) is 0 Å². The van der Waals surface area contributed by atoms with E-state index in [9.17, 15) is 4.79 Å². The van der Waals surface area contributed by atoms with E-state index in [1.165, 1.54) is 0 Å². The van der Waals surface area contributed by atoms with E-state index in [0.717, 1.165) is 13.0 Å². The lowest BCUT2D eigenvalue weighted by Crippen LogP contribution is -2.20. The zero-order chi connectivity index (χ0) is 8.72. The SMILES string of the molecule is CN1CC(C2C[C@H]2C(N)=O)C=N1. The number of amides is 1. The van der Waals surface area contributed by atoms with Gasteiger partial charge in [0.05, 0.1) is 0 Å². The molecule has 1 aliphatic carbocycles. The van der Waals surface area contributed by atoms with E-state index in [1.807, 2.05) is 18.3 Å². The lowest BCUT2D eigenvalue weighted by molar-refractivity contribution is -0.119. The standard InChI is InChI=1S/C8H13N3O/c1-11-4-5(3-10-11)6-2-7(6)8(9)12/h3,5-7H,2,4H2,1H3,(H2,9,12)/t5?,6?,7-/m1/s1. The summed E-state index contributed by atoms with van der Waals surface area (Å²) in [4.78, 5) is 10.8. The van der Waals surface area contributed by atoms with Gasteiger partial charge in [0, 0.05) is 31.6 Å². The minimum atomic E-state index is -0.150. The first kappa shape index (κ1) is 7.58. The van der Waals surface area contributed by atoms with Gasteiger partial charge in [0.15, 0.2) is 0 Å². The molecule has 1 fully saturated rings. The van der Waals surface area contributed by atoms with Crippen LogP contribution in [0.4, 0.5) is 0 Å². The van der Waals surface area contributed by atoms with Crippen molar-refractivity contribution in [2.45, 2.75) is 6.42 Å². The summed E-state index contributed by atoms with van der Waals surface area (Å²) in [6.45, 7) is 0.939. The van der Waals surface area contributed by atoms with Crippen LogP contribution in [0.1, 0.15) is 6.42 Å². The van der Waals surface area contributed by atoms with Gasteiger partial charge in [0.25, 0.3) is 0 Å². The molecule has 1 heterocycles. The van der Waals surface area contributed by atoms with Crippen molar-refractivity contribution in [1.29, 1.82) is 0 Å². The Labute approximate surface area is 71.4 Å². The topological polar surface area (TPSA) is 58.7 Å².